The van der Waals surface area contributed by atoms with Gasteiger partial charge in [-0.3, -0.25) is 38.8 Å². The zero-order valence-corrected chi connectivity index (χ0v) is 32.3. The van der Waals surface area contributed by atoms with Crippen LogP contribution in [0.5, 0.6) is 5.75 Å². The van der Waals surface area contributed by atoms with Crippen LogP contribution in [0.4, 0.5) is 0 Å². The highest BCUT2D eigenvalue weighted by molar-refractivity contribution is 6.08. The first kappa shape index (κ1) is 36.2. The van der Waals surface area contributed by atoms with Crippen LogP contribution in [0.3, 0.4) is 0 Å². The number of rotatable bonds is 7. The van der Waals surface area contributed by atoms with E-state index < -0.39 is 29.6 Å². The van der Waals surface area contributed by atoms with E-state index in [4.69, 9.17) is 0 Å². The van der Waals surface area contributed by atoms with Crippen LogP contribution in [0.25, 0.3) is 10.8 Å². The first-order valence-electron chi connectivity index (χ1n) is 21.0. The van der Waals surface area contributed by atoms with Crippen LogP contribution in [-0.4, -0.2) is 86.6 Å². The standard InChI is InChI=1S/C48H50N4O5/c53-40-18-15-32-13-7-8-14-35(32)42(40)43-36-16-17-37-41(47(56)51(45(37)54)33-19-23-49(24-20-33)28-30-9-3-1-4-10-30)38(36)27-39-44(43)48(57)52(46(39)55)34-21-25-50(26-22-34)29-31-11-5-2-6-12-31/h1-16,18,33-34,37-39,41,43-44,53H,17,19-29H2. The molecule has 5 fully saturated rings. The lowest BCUT2D eigenvalue weighted by molar-refractivity contribution is -0.146. The third-order valence-electron chi connectivity index (χ3n) is 14.3. The number of likely N-dealkylation sites (tertiary alicyclic amines) is 4. The summed E-state index contributed by atoms with van der Waals surface area (Å²) in [5, 5.41) is 13.5. The first-order chi connectivity index (χ1) is 27.9. The van der Waals surface area contributed by atoms with Crippen LogP contribution in [0.2, 0.25) is 0 Å². The number of aromatic hydroxyl groups is 1. The lowest BCUT2D eigenvalue weighted by atomic mass is 9.56. The van der Waals surface area contributed by atoms with Crippen molar-refractivity contribution in [3.8, 4) is 5.75 Å². The van der Waals surface area contributed by atoms with Gasteiger partial charge in [-0.05, 0) is 72.4 Å². The van der Waals surface area contributed by atoms with Crippen LogP contribution in [-0.2, 0) is 32.3 Å². The molecule has 6 unspecified atom stereocenters. The molecule has 4 aromatic rings. The summed E-state index contributed by atoms with van der Waals surface area (Å²) in [6, 6.07) is 31.9. The van der Waals surface area contributed by atoms with E-state index in [-0.39, 0.29) is 47.4 Å². The van der Waals surface area contributed by atoms with Gasteiger partial charge >= 0.3 is 0 Å². The van der Waals surface area contributed by atoms with Crippen molar-refractivity contribution in [2.45, 2.75) is 69.6 Å². The fraction of sp³-hybridized carbons (Fsp3) is 0.417. The molecule has 4 saturated heterocycles. The van der Waals surface area contributed by atoms with Gasteiger partial charge in [0.15, 0.2) is 0 Å². The van der Waals surface area contributed by atoms with Gasteiger partial charge in [0.2, 0.25) is 23.6 Å². The summed E-state index contributed by atoms with van der Waals surface area (Å²) in [6.45, 7) is 4.87. The van der Waals surface area contributed by atoms with Crippen molar-refractivity contribution in [2.24, 2.45) is 29.6 Å². The second kappa shape index (κ2) is 14.7. The Balaban J connectivity index is 0.948. The molecular weight excluding hydrogens is 713 g/mol. The van der Waals surface area contributed by atoms with Gasteiger partial charge in [-0.2, -0.15) is 0 Å². The lowest BCUT2D eigenvalue weighted by Gasteiger charge is -2.44. The smallest absolute Gasteiger partial charge is 0.234 e. The minimum absolute atomic E-state index is 0.0896. The molecule has 10 rings (SSSR count). The Morgan fingerprint density at radius 2 is 1.07 bits per heavy atom. The summed E-state index contributed by atoms with van der Waals surface area (Å²) in [6.07, 6.45) is 5.75. The van der Waals surface area contributed by atoms with Gasteiger partial charge in [0.05, 0.1) is 23.7 Å². The van der Waals surface area contributed by atoms with Crippen LogP contribution in [0.15, 0.2) is 109 Å². The summed E-state index contributed by atoms with van der Waals surface area (Å²) >= 11 is 0. The molecular formula is C48H50N4O5. The molecule has 0 bridgehead atoms. The number of nitrogens with zero attached hydrogens (tertiary/aromatic N) is 4. The molecule has 0 radical (unpaired) electrons. The van der Waals surface area contributed by atoms with E-state index in [0.29, 0.717) is 31.2 Å². The maximum atomic E-state index is 14.9. The second-order valence-corrected chi connectivity index (χ2v) is 17.3. The van der Waals surface area contributed by atoms with Crippen LogP contribution in [0.1, 0.15) is 61.1 Å². The number of benzene rings is 4. The molecule has 1 N–H and O–H groups in total. The van der Waals surface area contributed by atoms with Crippen molar-refractivity contribution in [1.29, 1.82) is 0 Å². The third-order valence-corrected chi connectivity index (χ3v) is 14.3. The Morgan fingerprint density at radius 1 is 0.544 bits per heavy atom. The summed E-state index contributed by atoms with van der Waals surface area (Å²) < 4.78 is 0. The maximum Gasteiger partial charge on any atom is 0.234 e. The molecule has 1 saturated carbocycles. The van der Waals surface area contributed by atoms with E-state index in [1.807, 2.05) is 54.6 Å². The van der Waals surface area contributed by atoms with E-state index >= 15 is 0 Å². The molecule has 9 heteroatoms. The summed E-state index contributed by atoms with van der Waals surface area (Å²) in [4.78, 5) is 66.7. The number of imide groups is 2. The highest BCUT2D eigenvalue weighted by Crippen LogP contribution is 2.60. The largest absolute Gasteiger partial charge is 0.508 e. The number of amides is 4. The Kier molecular flexibility index (Phi) is 9.33. The predicted octanol–water partition coefficient (Wildman–Crippen LogP) is 6.51. The number of phenolic OH excluding ortho intramolecular Hbond substituents is 1. The molecule has 6 atom stereocenters. The highest BCUT2D eigenvalue weighted by atomic mass is 16.3. The quantitative estimate of drug-likeness (QED) is 0.169. The van der Waals surface area contributed by atoms with Crippen molar-refractivity contribution in [2.75, 3.05) is 26.2 Å². The number of piperidine rings is 2. The molecule has 9 nitrogen and oxygen atoms in total. The molecule has 6 aliphatic rings. The number of allylic oxidation sites excluding steroid dienone is 2. The number of phenols is 1. The van der Waals surface area contributed by atoms with Crippen molar-refractivity contribution < 1.29 is 24.3 Å². The maximum absolute atomic E-state index is 14.9. The van der Waals surface area contributed by atoms with Gasteiger partial charge in [-0.25, -0.2) is 0 Å². The number of carbonyl (C=O) groups is 4. The number of hydrogen-bond donors (Lipinski definition) is 1. The molecule has 2 aliphatic carbocycles. The average molecular weight is 763 g/mol. The minimum Gasteiger partial charge on any atom is -0.508 e. The van der Waals surface area contributed by atoms with Gasteiger partial charge in [0, 0.05) is 62.8 Å². The van der Waals surface area contributed by atoms with Crippen molar-refractivity contribution in [3.05, 3.63) is 125 Å². The molecule has 4 amide bonds. The molecule has 0 aromatic heterocycles. The minimum atomic E-state index is -0.687. The van der Waals surface area contributed by atoms with E-state index in [2.05, 4.69) is 52.3 Å². The monoisotopic (exact) mass is 762 g/mol. The van der Waals surface area contributed by atoms with Gasteiger partial charge in [-0.15, -0.1) is 0 Å². The van der Waals surface area contributed by atoms with Crippen molar-refractivity contribution >= 4 is 34.4 Å². The molecule has 4 aliphatic heterocycles. The Bertz CT molecular complexity index is 2240. The molecule has 292 valence electrons. The molecule has 4 aromatic carbocycles. The van der Waals surface area contributed by atoms with Crippen LogP contribution >= 0.6 is 0 Å². The summed E-state index contributed by atoms with van der Waals surface area (Å²) in [7, 11) is 0. The van der Waals surface area contributed by atoms with Gasteiger partial charge < -0.3 is 5.11 Å². The van der Waals surface area contributed by atoms with E-state index in [1.165, 1.54) is 11.1 Å². The second-order valence-electron chi connectivity index (χ2n) is 17.3. The van der Waals surface area contributed by atoms with E-state index in [0.717, 1.165) is 68.5 Å². The van der Waals surface area contributed by atoms with E-state index in [1.54, 1.807) is 15.9 Å². The van der Waals surface area contributed by atoms with Crippen LogP contribution < -0.4 is 0 Å². The lowest BCUT2D eigenvalue weighted by Crippen LogP contribution is -2.48. The molecule has 4 heterocycles. The predicted molar refractivity (Wildman–Crippen MR) is 216 cm³/mol. The zero-order chi connectivity index (χ0) is 38.8. The summed E-state index contributed by atoms with van der Waals surface area (Å²) in [5.41, 5.74) is 4.08. The summed E-state index contributed by atoms with van der Waals surface area (Å²) in [5.74, 6) is -3.80. The zero-order valence-electron chi connectivity index (χ0n) is 32.3. The Hall–Kier alpha value is -5.12. The number of fused-ring (bicyclic) bond motifs is 5. The Labute approximate surface area is 333 Å². The van der Waals surface area contributed by atoms with Crippen molar-refractivity contribution in [1.82, 2.24) is 19.6 Å². The van der Waals surface area contributed by atoms with Gasteiger partial charge in [-0.1, -0.05) is 103 Å². The van der Waals surface area contributed by atoms with Crippen molar-refractivity contribution in [3.63, 3.8) is 0 Å². The van der Waals surface area contributed by atoms with Crippen LogP contribution in [0, 0.1) is 29.6 Å². The SMILES string of the molecule is O=C1C2CC=C3C(CC4C(=O)N(C5CCN(Cc6ccccc6)CC5)C(=O)C4C3c3c(O)ccc4ccccc34)C2C(=O)N1C1CCN(Cc2ccccc2)CC1. The number of hydrogen-bond acceptors (Lipinski definition) is 7. The van der Waals surface area contributed by atoms with Gasteiger partial charge in [0.1, 0.15) is 5.75 Å². The topological polar surface area (TPSA) is 101 Å². The fourth-order valence-electron chi connectivity index (χ4n) is 11.6. The van der Waals surface area contributed by atoms with Gasteiger partial charge in [0.25, 0.3) is 0 Å². The highest BCUT2D eigenvalue weighted by Gasteiger charge is 2.63. The average Bonchev–Trinajstić information content (AvgIpc) is 3.65. The third kappa shape index (κ3) is 6.21. The fourth-order valence-corrected chi connectivity index (χ4v) is 11.6. The van der Waals surface area contributed by atoms with E-state index in [9.17, 15) is 24.3 Å². The molecule has 57 heavy (non-hydrogen) atoms. The number of carbonyl (C=O) groups excluding carboxylic acids is 4. The molecule has 0 spiro atoms. The normalized spacial score (nSPS) is 28.8. The Morgan fingerprint density at radius 3 is 1.67 bits per heavy atom. The first-order valence-corrected chi connectivity index (χ1v) is 21.0.